The lowest BCUT2D eigenvalue weighted by atomic mass is 9.81. The van der Waals surface area contributed by atoms with E-state index in [0.29, 0.717) is 44.0 Å². The van der Waals surface area contributed by atoms with E-state index in [9.17, 15) is 19.2 Å². The molecule has 2 heterocycles. The lowest BCUT2D eigenvalue weighted by Gasteiger charge is -2.19. The molecular formula is C39H31ClN2O5. The molecule has 234 valence electrons. The molecule has 2 fully saturated rings. The number of esters is 1. The molecule has 1 saturated heterocycles. The number of aryl methyl sites for hydroxylation is 1. The molecule has 0 radical (unpaired) electrons. The Morgan fingerprint density at radius 3 is 2.09 bits per heavy atom. The van der Waals surface area contributed by atoms with Crippen molar-refractivity contribution >= 4 is 51.8 Å². The molecule has 47 heavy (non-hydrogen) atoms. The molecule has 1 aliphatic heterocycles. The third-order valence-electron chi connectivity index (χ3n) is 9.30. The van der Waals surface area contributed by atoms with E-state index >= 15 is 0 Å². The minimum Gasteiger partial charge on any atom is -0.454 e. The van der Waals surface area contributed by atoms with Gasteiger partial charge in [0.1, 0.15) is 0 Å². The van der Waals surface area contributed by atoms with Crippen molar-refractivity contribution in [2.45, 2.75) is 32.6 Å². The Morgan fingerprint density at radius 2 is 1.43 bits per heavy atom. The Kier molecular flexibility index (Phi) is 8.16. The molecule has 0 spiro atoms. The fourth-order valence-corrected chi connectivity index (χ4v) is 6.84. The molecule has 2 aliphatic rings. The Labute approximate surface area is 277 Å². The number of fused-ring (bicyclic) bond motifs is 2. The van der Waals surface area contributed by atoms with Gasteiger partial charge >= 0.3 is 5.97 Å². The SMILES string of the molecule is Cc1c(Cl)ccc2c(C(=O)OCC(=O)c3ccc(-c4ccccc4)cc3)cc(-c3ccc(N4C(=O)C5CCCCC5C4=O)cc3)nc12. The van der Waals surface area contributed by atoms with Crippen molar-refractivity contribution in [3.8, 4) is 22.4 Å². The molecule has 1 aliphatic carbocycles. The monoisotopic (exact) mass is 642 g/mol. The Bertz CT molecular complexity index is 2020. The Balaban J connectivity index is 1.14. The van der Waals surface area contributed by atoms with Crippen LogP contribution in [0.3, 0.4) is 0 Å². The van der Waals surface area contributed by atoms with E-state index in [1.54, 1.807) is 54.6 Å². The number of hydrogen-bond acceptors (Lipinski definition) is 6. The first kappa shape index (κ1) is 30.5. The van der Waals surface area contributed by atoms with Crippen molar-refractivity contribution in [1.82, 2.24) is 4.98 Å². The molecule has 2 unspecified atom stereocenters. The van der Waals surface area contributed by atoms with E-state index in [0.717, 1.165) is 36.8 Å². The van der Waals surface area contributed by atoms with Gasteiger partial charge in [0.05, 0.1) is 34.3 Å². The molecule has 7 nitrogen and oxygen atoms in total. The summed E-state index contributed by atoms with van der Waals surface area (Å²) in [6, 6.07) is 29.1. The van der Waals surface area contributed by atoms with Crippen LogP contribution < -0.4 is 4.90 Å². The van der Waals surface area contributed by atoms with Crippen LogP contribution in [0, 0.1) is 18.8 Å². The zero-order chi connectivity index (χ0) is 32.7. The first-order valence-corrected chi connectivity index (χ1v) is 16.1. The van der Waals surface area contributed by atoms with Crippen molar-refractivity contribution < 1.29 is 23.9 Å². The van der Waals surface area contributed by atoms with Gasteiger partial charge in [-0.1, -0.05) is 97.2 Å². The highest BCUT2D eigenvalue weighted by Crippen LogP contribution is 2.40. The fraction of sp³-hybridized carbons (Fsp3) is 0.205. The second-order valence-corrected chi connectivity index (χ2v) is 12.5. The van der Waals surface area contributed by atoms with Gasteiger partial charge in [0.25, 0.3) is 0 Å². The molecule has 2 atom stereocenters. The van der Waals surface area contributed by atoms with Crippen LogP contribution in [0.1, 0.15) is 52.0 Å². The number of carbonyl (C=O) groups excluding carboxylic acids is 4. The Morgan fingerprint density at radius 1 is 0.809 bits per heavy atom. The first-order valence-electron chi connectivity index (χ1n) is 15.7. The van der Waals surface area contributed by atoms with E-state index in [1.165, 1.54) is 4.90 Å². The van der Waals surface area contributed by atoms with E-state index in [1.807, 2.05) is 49.4 Å². The first-order chi connectivity index (χ1) is 22.8. The number of benzene rings is 4. The van der Waals surface area contributed by atoms with Crippen molar-refractivity contribution in [3.63, 3.8) is 0 Å². The lowest BCUT2D eigenvalue weighted by molar-refractivity contribution is -0.122. The van der Waals surface area contributed by atoms with E-state index in [2.05, 4.69) is 0 Å². The smallest absolute Gasteiger partial charge is 0.339 e. The van der Waals surface area contributed by atoms with Crippen molar-refractivity contribution in [1.29, 1.82) is 0 Å². The van der Waals surface area contributed by atoms with Crippen molar-refractivity contribution in [2.24, 2.45) is 11.8 Å². The molecule has 8 heteroatoms. The number of aromatic nitrogens is 1. The number of ether oxygens (including phenoxy) is 1. The second-order valence-electron chi connectivity index (χ2n) is 12.1. The molecule has 0 N–H and O–H groups in total. The number of Topliss-reactive ketones (excluding diaryl/α,β-unsaturated/α-hetero) is 1. The lowest BCUT2D eigenvalue weighted by Crippen LogP contribution is -2.30. The highest BCUT2D eigenvalue weighted by Gasteiger charge is 2.48. The van der Waals surface area contributed by atoms with Crippen LogP contribution in [-0.2, 0) is 14.3 Å². The predicted molar refractivity (Wildman–Crippen MR) is 181 cm³/mol. The number of halogens is 1. The quantitative estimate of drug-likeness (QED) is 0.101. The van der Waals surface area contributed by atoms with Crippen LogP contribution in [0.4, 0.5) is 5.69 Å². The Hall–Kier alpha value is -5.14. The van der Waals surface area contributed by atoms with E-state index < -0.39 is 12.6 Å². The molecule has 4 aromatic carbocycles. The summed E-state index contributed by atoms with van der Waals surface area (Å²) in [6.45, 7) is 1.40. The number of imide groups is 1. The fourth-order valence-electron chi connectivity index (χ4n) is 6.69. The van der Waals surface area contributed by atoms with Crippen molar-refractivity contribution in [2.75, 3.05) is 11.5 Å². The predicted octanol–water partition coefficient (Wildman–Crippen LogP) is 8.25. The summed E-state index contributed by atoms with van der Waals surface area (Å²) in [5, 5.41) is 1.05. The largest absolute Gasteiger partial charge is 0.454 e. The number of nitrogens with zero attached hydrogens (tertiary/aromatic N) is 2. The average Bonchev–Trinajstić information content (AvgIpc) is 3.37. The minimum atomic E-state index is -0.665. The second kappa shape index (κ2) is 12.6. The van der Waals surface area contributed by atoms with Gasteiger partial charge in [0.2, 0.25) is 11.8 Å². The highest BCUT2D eigenvalue weighted by atomic mass is 35.5. The molecule has 1 saturated carbocycles. The van der Waals surface area contributed by atoms with Crippen LogP contribution in [0.25, 0.3) is 33.3 Å². The maximum Gasteiger partial charge on any atom is 0.339 e. The molecule has 0 bridgehead atoms. The number of amides is 2. The summed E-state index contributed by atoms with van der Waals surface area (Å²) < 4.78 is 5.55. The molecule has 1 aromatic heterocycles. The van der Waals surface area contributed by atoms with Crippen LogP contribution in [0.15, 0.2) is 97.1 Å². The zero-order valence-electron chi connectivity index (χ0n) is 25.7. The standard InChI is InChI=1S/C39H31ClN2O5/c1-23-33(40)20-19-29-32(39(46)47-22-35(43)27-13-11-25(12-14-27)24-7-3-2-4-8-24)21-34(41-36(23)29)26-15-17-28(18-16-26)42-37(44)30-9-5-6-10-31(30)38(42)45/h2-4,7-8,11-21,30-31H,5-6,9-10,22H2,1H3. The number of pyridine rings is 1. The summed E-state index contributed by atoms with van der Waals surface area (Å²) >= 11 is 6.44. The van der Waals surface area contributed by atoms with E-state index in [-0.39, 0.29) is 35.0 Å². The zero-order valence-corrected chi connectivity index (χ0v) is 26.5. The van der Waals surface area contributed by atoms with Gasteiger partial charge in [0.15, 0.2) is 12.4 Å². The van der Waals surface area contributed by atoms with Gasteiger partial charge in [-0.25, -0.2) is 9.78 Å². The van der Waals surface area contributed by atoms with Gasteiger partial charge in [-0.2, -0.15) is 0 Å². The molecule has 7 rings (SSSR count). The average molecular weight is 643 g/mol. The highest BCUT2D eigenvalue weighted by molar-refractivity contribution is 6.32. The van der Waals surface area contributed by atoms with Crippen LogP contribution in [-0.4, -0.2) is 35.2 Å². The van der Waals surface area contributed by atoms with Gasteiger partial charge in [-0.05, 0) is 60.7 Å². The van der Waals surface area contributed by atoms with Gasteiger partial charge in [0, 0.05) is 21.5 Å². The number of carbonyl (C=O) groups is 4. The van der Waals surface area contributed by atoms with Gasteiger partial charge < -0.3 is 4.74 Å². The van der Waals surface area contributed by atoms with Crippen LogP contribution >= 0.6 is 11.6 Å². The van der Waals surface area contributed by atoms with Crippen LogP contribution in [0.5, 0.6) is 0 Å². The van der Waals surface area contributed by atoms with E-state index in [4.69, 9.17) is 21.3 Å². The normalized spacial score (nSPS) is 17.5. The third kappa shape index (κ3) is 5.72. The number of rotatable bonds is 7. The number of ketones is 1. The molecule has 5 aromatic rings. The third-order valence-corrected chi connectivity index (χ3v) is 9.71. The maximum absolute atomic E-state index is 13.5. The molecular weight excluding hydrogens is 612 g/mol. The van der Waals surface area contributed by atoms with Crippen molar-refractivity contribution in [3.05, 3.63) is 119 Å². The summed E-state index contributed by atoms with van der Waals surface area (Å²) in [5.74, 6) is -1.72. The number of anilines is 1. The number of hydrogen-bond donors (Lipinski definition) is 0. The van der Waals surface area contributed by atoms with Gasteiger partial charge in [-0.15, -0.1) is 0 Å². The minimum absolute atomic E-state index is 0.131. The summed E-state index contributed by atoms with van der Waals surface area (Å²) in [5.41, 5.74) is 5.61. The summed E-state index contributed by atoms with van der Waals surface area (Å²) in [6.07, 6.45) is 3.42. The maximum atomic E-state index is 13.5. The molecule has 2 amide bonds. The van der Waals surface area contributed by atoms with Crippen LogP contribution in [0.2, 0.25) is 5.02 Å². The topological polar surface area (TPSA) is 93.6 Å². The van der Waals surface area contributed by atoms with Gasteiger partial charge in [-0.3, -0.25) is 19.3 Å². The summed E-state index contributed by atoms with van der Waals surface area (Å²) in [4.78, 5) is 58.9. The summed E-state index contributed by atoms with van der Waals surface area (Å²) in [7, 11) is 0.